The van der Waals surface area contributed by atoms with Gasteiger partial charge in [0.05, 0.1) is 5.69 Å². The average molecular weight is 520 g/mol. The van der Waals surface area contributed by atoms with Gasteiger partial charge in [-0.25, -0.2) is 0 Å². The first kappa shape index (κ1) is 21.6. The van der Waals surface area contributed by atoms with E-state index in [2.05, 4.69) is 79.0 Å². The van der Waals surface area contributed by atoms with Crippen molar-refractivity contribution in [2.24, 2.45) is 5.41 Å². The van der Waals surface area contributed by atoms with Crippen molar-refractivity contribution in [3.05, 3.63) is 68.5 Å². The highest BCUT2D eigenvalue weighted by Gasteiger charge is 2.42. The summed E-state index contributed by atoms with van der Waals surface area (Å²) in [7, 11) is 0. The van der Waals surface area contributed by atoms with Gasteiger partial charge in [-0.3, -0.25) is 4.98 Å². The molecule has 1 fully saturated rings. The standard InChI is InChI=1S/C27H35ClN2.48H2/c1-15-14-30-25-23(22-11-12-29-18(4)27(22,7)8)20-10-9-19(28)13-21(20)17(3)26(5,6)24(25)16(15)2;;;;;;;;;;;;;;;;;;;;;;;;;;;;;;;;;;;;;;;;;;;;;;;;/h9-10,13-14,17-18,29H,11-12H2,1-8H3;48*1H/b23-22-;;;;;;;;;;;;;;;;;;;;;;;;;;;;;;;;;;;;;;;;;;;;;;;;. The van der Waals surface area contributed by atoms with Crippen LogP contribution in [0, 0.1) is 19.3 Å². The van der Waals surface area contributed by atoms with Gasteiger partial charge in [-0.1, -0.05) is 57.9 Å². The second kappa shape index (κ2) is 7.21. The molecule has 4 rings (SSSR count). The van der Waals surface area contributed by atoms with Crippen molar-refractivity contribution in [1.29, 1.82) is 0 Å². The zero-order valence-corrected chi connectivity index (χ0v) is 20.5. The average Bonchev–Trinajstić information content (AvgIpc) is 2.74. The highest BCUT2D eigenvalue weighted by atomic mass is 35.5. The Bertz CT molecular complexity index is 1120. The first-order valence-corrected chi connectivity index (χ1v) is 11.6. The normalized spacial score (nSPS) is 27.2. The number of aryl methyl sites for hydroxylation is 1. The number of pyridine rings is 1. The van der Waals surface area contributed by atoms with Crippen LogP contribution < -0.4 is 5.32 Å². The largest absolute Gasteiger partial charge is 0.313 e. The van der Waals surface area contributed by atoms with Crippen LogP contribution >= 0.6 is 11.6 Å². The van der Waals surface area contributed by atoms with Crippen LogP contribution in [-0.4, -0.2) is 17.6 Å². The summed E-state index contributed by atoms with van der Waals surface area (Å²) >= 11 is 6.53. The third-order valence-corrected chi connectivity index (χ3v) is 8.53. The van der Waals surface area contributed by atoms with E-state index in [1.54, 1.807) is 0 Å². The van der Waals surface area contributed by atoms with Gasteiger partial charge < -0.3 is 5.32 Å². The summed E-state index contributed by atoms with van der Waals surface area (Å²) in [5.41, 5.74) is 10.7. The molecule has 2 nitrogen and oxygen atoms in total. The van der Waals surface area contributed by atoms with Crippen LogP contribution in [0.5, 0.6) is 0 Å². The lowest BCUT2D eigenvalue weighted by Gasteiger charge is -2.42. The summed E-state index contributed by atoms with van der Waals surface area (Å²) in [5, 5.41) is 4.49. The SMILES string of the molecule is Cc1cnc2c(c1C)C(C)(C)C(C)c1cc(Cl)ccc1/C2=C1\CCNC(C)C1(C)C.[HH].[HH].[HH].[HH].[HH].[HH].[HH].[HH].[HH].[HH].[HH].[HH].[HH].[HH].[HH].[HH].[HH].[HH].[HH].[HH].[HH].[HH].[HH].[HH].[HH].[HH].[HH].[HH].[HH].[HH].[HH].[HH].[HH].[HH].[HH].[HH].[HH].[HH].[HH].[HH].[HH].[HH].[HH].[HH].[HH].[HH].[HH].[HH]. The van der Waals surface area contributed by atoms with Gasteiger partial charge in [-0.05, 0) is 85.0 Å². The number of rotatable bonds is 0. The van der Waals surface area contributed by atoms with Crippen LogP contribution in [0.2, 0.25) is 5.02 Å². The molecule has 0 radical (unpaired) electrons. The summed E-state index contributed by atoms with van der Waals surface area (Å²) in [6, 6.07) is 6.88. The number of benzene rings is 1. The number of halogens is 1. The Morgan fingerprint density at radius 1 is 1.10 bits per heavy atom. The molecule has 1 saturated heterocycles. The maximum absolute atomic E-state index is 6.53. The fraction of sp³-hybridized carbons (Fsp3) is 0.519. The molecule has 0 amide bonds. The molecule has 1 aliphatic carbocycles. The van der Waals surface area contributed by atoms with E-state index in [-0.39, 0.29) is 79.3 Å². The minimum absolute atomic E-state index is 0. The van der Waals surface area contributed by atoms with Gasteiger partial charge >= 0.3 is 0 Å². The number of nitrogens with one attached hydrogen (secondary N) is 1. The van der Waals surface area contributed by atoms with Crippen molar-refractivity contribution in [3.63, 3.8) is 0 Å². The van der Waals surface area contributed by atoms with E-state index in [9.17, 15) is 0 Å². The molecule has 2 unspecified atom stereocenters. The lowest BCUT2D eigenvalue weighted by Crippen LogP contribution is -2.46. The Labute approximate surface area is 258 Å². The molecule has 0 spiro atoms. The molecule has 1 N–H and O–H groups in total. The zero-order valence-electron chi connectivity index (χ0n) is 19.7. The molecule has 0 bridgehead atoms. The molecule has 30 heavy (non-hydrogen) atoms. The highest BCUT2D eigenvalue weighted by molar-refractivity contribution is 6.30. The van der Waals surface area contributed by atoms with Gasteiger partial charge in [0.2, 0.25) is 0 Å². The van der Waals surface area contributed by atoms with Crippen LogP contribution in [0.4, 0.5) is 0 Å². The lowest BCUT2D eigenvalue weighted by atomic mass is 9.69. The van der Waals surface area contributed by atoms with Crippen molar-refractivity contribution in [1.82, 2.24) is 10.3 Å². The number of aromatic nitrogens is 1. The Hall–Kier alpha value is -1.64. The molecule has 0 saturated carbocycles. The molecule has 1 aromatic carbocycles. The molecular formula is C27H131ClN2. The highest BCUT2D eigenvalue weighted by Crippen LogP contribution is 2.53. The van der Waals surface area contributed by atoms with Crippen molar-refractivity contribution in [2.75, 3.05) is 6.54 Å². The van der Waals surface area contributed by atoms with E-state index in [1.807, 2.05) is 6.07 Å². The number of hydrogen-bond donors (Lipinski definition) is 1. The van der Waals surface area contributed by atoms with E-state index in [1.165, 1.54) is 44.7 Å². The Morgan fingerprint density at radius 3 is 2.50 bits per heavy atom. The van der Waals surface area contributed by atoms with Gasteiger partial charge in [0.25, 0.3) is 0 Å². The van der Waals surface area contributed by atoms with Crippen molar-refractivity contribution < 1.29 is 68.5 Å². The maximum atomic E-state index is 6.53. The summed E-state index contributed by atoms with van der Waals surface area (Å²) < 4.78 is 0. The van der Waals surface area contributed by atoms with E-state index in [0.717, 1.165) is 18.0 Å². The van der Waals surface area contributed by atoms with Crippen LogP contribution in [0.1, 0.15) is 156 Å². The smallest absolute Gasteiger partial charge is 0.0748 e. The van der Waals surface area contributed by atoms with Crippen LogP contribution in [0.25, 0.3) is 5.57 Å². The Morgan fingerprint density at radius 2 is 1.80 bits per heavy atom. The van der Waals surface area contributed by atoms with Gasteiger partial charge in [-0.15, -0.1) is 0 Å². The number of hydrogen-bond acceptors (Lipinski definition) is 2. The van der Waals surface area contributed by atoms with E-state index < -0.39 is 0 Å². The predicted octanol–water partition coefficient (Wildman–Crippen LogP) is 18.8. The summed E-state index contributed by atoms with van der Waals surface area (Å²) in [5.74, 6) is 0.326. The van der Waals surface area contributed by atoms with Crippen LogP contribution in [-0.2, 0) is 5.41 Å². The minimum atomic E-state index is -0.0527. The first-order valence-electron chi connectivity index (χ1n) is 11.2. The van der Waals surface area contributed by atoms with Gasteiger partial charge in [0.1, 0.15) is 0 Å². The van der Waals surface area contributed by atoms with Crippen molar-refractivity contribution in [2.45, 2.75) is 79.2 Å². The maximum Gasteiger partial charge on any atom is 0.0748 e. The van der Waals surface area contributed by atoms with Crippen molar-refractivity contribution >= 4 is 17.2 Å². The van der Waals surface area contributed by atoms with Crippen LogP contribution in [0.3, 0.4) is 0 Å². The second-order valence-electron chi connectivity index (χ2n) is 10.5. The summed E-state index contributed by atoms with van der Waals surface area (Å²) in [6.45, 7) is 19.6. The van der Waals surface area contributed by atoms with Gasteiger partial charge in [-0.2, -0.15) is 0 Å². The number of nitrogens with zero attached hydrogens (tertiary/aromatic N) is 1. The van der Waals surface area contributed by atoms with Gasteiger partial charge in [0.15, 0.2) is 0 Å². The number of piperidine rings is 1. The lowest BCUT2D eigenvalue weighted by molar-refractivity contribution is 0.271. The van der Waals surface area contributed by atoms with E-state index >= 15 is 0 Å². The molecule has 3 heteroatoms. The molecule has 2 atom stereocenters. The monoisotopic (exact) mass is 519 g/mol. The summed E-state index contributed by atoms with van der Waals surface area (Å²) in [6.07, 6.45) is 3.10. The predicted molar refractivity (Wildman–Crippen MR) is 230 cm³/mol. The molecule has 1 aromatic heterocycles. The molecule has 256 valence electrons. The molecule has 2 heterocycles. The zero-order chi connectivity index (χ0) is 22.0. The Balaban J connectivity index is -0.00000000528. The molecular weight excluding hydrogens is 388 g/mol. The summed E-state index contributed by atoms with van der Waals surface area (Å²) in [4.78, 5) is 5.13. The fourth-order valence-corrected chi connectivity index (χ4v) is 5.71. The molecule has 2 aliphatic rings. The minimum Gasteiger partial charge on any atom is -0.313 e. The van der Waals surface area contributed by atoms with E-state index in [0.29, 0.717) is 12.0 Å². The van der Waals surface area contributed by atoms with Crippen molar-refractivity contribution in [3.8, 4) is 0 Å². The van der Waals surface area contributed by atoms with Crippen LogP contribution in [0.15, 0.2) is 30.0 Å². The van der Waals surface area contributed by atoms with E-state index in [4.69, 9.17) is 16.6 Å². The third kappa shape index (κ3) is 3.07. The molecule has 2 aromatic rings. The third-order valence-electron chi connectivity index (χ3n) is 8.29. The Kier molecular flexibility index (Phi) is 5.19. The topological polar surface area (TPSA) is 24.9 Å². The fourth-order valence-electron chi connectivity index (χ4n) is 5.53. The first-order chi connectivity index (χ1) is 14.0. The molecule has 1 aliphatic heterocycles. The quantitative estimate of drug-likeness (QED) is 0.374. The second-order valence-corrected chi connectivity index (χ2v) is 10.9. The van der Waals surface area contributed by atoms with Gasteiger partial charge in [0, 0.05) is 96.7 Å². The number of fused-ring (bicyclic) bond motifs is 2.